The molecule has 0 aromatic heterocycles. The summed E-state index contributed by atoms with van der Waals surface area (Å²) in [5.74, 6) is 0.216. The zero-order valence-electron chi connectivity index (χ0n) is 11.7. The van der Waals surface area contributed by atoms with Crippen LogP contribution in [0.5, 0.6) is 0 Å². The number of ether oxygens (including phenoxy) is 1. The summed E-state index contributed by atoms with van der Waals surface area (Å²) < 4.78 is 44.1. The van der Waals surface area contributed by atoms with Crippen LogP contribution in [0.1, 0.15) is 36.9 Å². The smallest absolute Gasteiger partial charge is 0.378 e. The van der Waals surface area contributed by atoms with Crippen LogP contribution < -0.4 is 5.32 Å². The third-order valence-corrected chi connectivity index (χ3v) is 3.98. The van der Waals surface area contributed by atoms with Crippen molar-refractivity contribution in [3.8, 4) is 0 Å². The van der Waals surface area contributed by atoms with Gasteiger partial charge in [-0.2, -0.15) is 13.2 Å². The minimum Gasteiger partial charge on any atom is -0.378 e. The van der Waals surface area contributed by atoms with Crippen LogP contribution in [-0.4, -0.2) is 19.8 Å². The van der Waals surface area contributed by atoms with E-state index in [1.54, 1.807) is 13.1 Å². The first-order valence-corrected chi connectivity index (χ1v) is 6.93. The third kappa shape index (κ3) is 3.15. The molecule has 0 saturated carbocycles. The van der Waals surface area contributed by atoms with Crippen molar-refractivity contribution < 1.29 is 17.9 Å². The van der Waals surface area contributed by atoms with Gasteiger partial charge in [-0.1, -0.05) is 19.1 Å². The molecule has 1 aliphatic rings. The average molecular weight is 287 g/mol. The number of rotatable bonds is 4. The van der Waals surface area contributed by atoms with Gasteiger partial charge in [-0.15, -0.1) is 0 Å². The molecule has 1 heterocycles. The monoisotopic (exact) mass is 287 g/mol. The second kappa shape index (κ2) is 6.14. The summed E-state index contributed by atoms with van der Waals surface area (Å²) in [4.78, 5) is 0. The largest absolute Gasteiger partial charge is 0.416 e. The molecule has 1 fully saturated rings. The molecule has 5 heteroatoms. The van der Waals surface area contributed by atoms with Crippen LogP contribution in [0.15, 0.2) is 24.3 Å². The Kier molecular flexibility index (Phi) is 4.70. The van der Waals surface area contributed by atoms with E-state index in [9.17, 15) is 13.2 Å². The van der Waals surface area contributed by atoms with Crippen LogP contribution in [-0.2, 0) is 10.9 Å². The molecule has 0 radical (unpaired) electrons. The molecular formula is C15H20F3NO. The van der Waals surface area contributed by atoms with Gasteiger partial charge in [0.05, 0.1) is 11.7 Å². The second-order valence-electron chi connectivity index (χ2n) is 5.16. The van der Waals surface area contributed by atoms with Gasteiger partial charge in [0.1, 0.15) is 0 Å². The molecule has 1 aromatic carbocycles. The average Bonchev–Trinajstić information content (AvgIpc) is 2.87. The molecule has 112 valence electrons. The molecule has 0 bridgehead atoms. The standard InChI is InChI=1S/C15H20F3NO/c1-3-13-12(7-8-20-13)14(19-2)10-5-4-6-11(9-10)15(16,17)18/h4-6,9,12-14,19H,3,7-8H2,1-2H3. The van der Waals surface area contributed by atoms with Crippen LogP contribution in [0, 0.1) is 5.92 Å². The van der Waals surface area contributed by atoms with Gasteiger partial charge in [0.15, 0.2) is 0 Å². The fraction of sp³-hybridized carbons (Fsp3) is 0.600. The lowest BCUT2D eigenvalue weighted by Crippen LogP contribution is -2.30. The number of nitrogens with one attached hydrogen (secondary N) is 1. The molecule has 1 aliphatic heterocycles. The van der Waals surface area contributed by atoms with Crippen molar-refractivity contribution in [2.45, 2.75) is 38.1 Å². The molecular weight excluding hydrogens is 267 g/mol. The zero-order valence-corrected chi connectivity index (χ0v) is 11.7. The van der Waals surface area contributed by atoms with Crippen molar-refractivity contribution in [2.24, 2.45) is 5.92 Å². The van der Waals surface area contributed by atoms with Crippen molar-refractivity contribution in [2.75, 3.05) is 13.7 Å². The van der Waals surface area contributed by atoms with Gasteiger partial charge in [-0.3, -0.25) is 0 Å². The Morgan fingerprint density at radius 1 is 1.40 bits per heavy atom. The number of alkyl halides is 3. The topological polar surface area (TPSA) is 21.3 Å². The quantitative estimate of drug-likeness (QED) is 0.910. The Morgan fingerprint density at radius 2 is 2.15 bits per heavy atom. The maximum Gasteiger partial charge on any atom is 0.416 e. The fourth-order valence-corrected chi connectivity index (χ4v) is 3.00. The Labute approximate surface area is 117 Å². The first-order chi connectivity index (χ1) is 9.47. The Morgan fingerprint density at radius 3 is 2.75 bits per heavy atom. The minimum atomic E-state index is -4.30. The highest BCUT2D eigenvalue weighted by Gasteiger charge is 2.35. The van der Waals surface area contributed by atoms with Crippen molar-refractivity contribution in [1.29, 1.82) is 0 Å². The van der Waals surface area contributed by atoms with E-state index < -0.39 is 11.7 Å². The van der Waals surface area contributed by atoms with E-state index in [-0.39, 0.29) is 18.1 Å². The molecule has 0 spiro atoms. The summed E-state index contributed by atoms with van der Waals surface area (Å²) in [5.41, 5.74) is 0.0819. The number of hydrogen-bond donors (Lipinski definition) is 1. The second-order valence-corrected chi connectivity index (χ2v) is 5.16. The molecule has 2 nitrogen and oxygen atoms in total. The molecule has 1 N–H and O–H groups in total. The van der Waals surface area contributed by atoms with Gasteiger partial charge < -0.3 is 10.1 Å². The lowest BCUT2D eigenvalue weighted by Gasteiger charge is -2.27. The van der Waals surface area contributed by atoms with Crippen molar-refractivity contribution in [3.05, 3.63) is 35.4 Å². The van der Waals surface area contributed by atoms with Crippen LogP contribution in [0.3, 0.4) is 0 Å². The first kappa shape index (κ1) is 15.3. The summed E-state index contributed by atoms with van der Waals surface area (Å²) in [6.07, 6.45) is -2.44. The summed E-state index contributed by atoms with van der Waals surface area (Å²) in [6, 6.07) is 5.47. The van der Waals surface area contributed by atoms with E-state index in [0.717, 1.165) is 18.9 Å². The maximum absolute atomic E-state index is 12.8. The van der Waals surface area contributed by atoms with Gasteiger partial charge in [0.2, 0.25) is 0 Å². The summed E-state index contributed by atoms with van der Waals surface area (Å²) in [5, 5.41) is 3.16. The first-order valence-electron chi connectivity index (χ1n) is 6.93. The SMILES string of the molecule is CCC1OCCC1C(NC)c1cccc(C(F)(F)F)c1. The molecule has 0 aliphatic carbocycles. The van der Waals surface area contributed by atoms with Crippen LogP contribution in [0.4, 0.5) is 13.2 Å². The fourth-order valence-electron chi connectivity index (χ4n) is 3.00. The summed E-state index contributed by atoms with van der Waals surface area (Å²) in [7, 11) is 1.79. The molecule has 2 rings (SSSR count). The highest BCUT2D eigenvalue weighted by molar-refractivity contribution is 5.28. The van der Waals surface area contributed by atoms with E-state index in [2.05, 4.69) is 5.32 Å². The molecule has 3 atom stereocenters. The predicted octanol–water partition coefficient (Wildman–Crippen LogP) is 3.78. The predicted molar refractivity (Wildman–Crippen MR) is 71.4 cm³/mol. The molecule has 20 heavy (non-hydrogen) atoms. The van der Waals surface area contributed by atoms with Gasteiger partial charge in [-0.25, -0.2) is 0 Å². The molecule has 1 aromatic rings. The van der Waals surface area contributed by atoms with Crippen molar-refractivity contribution in [1.82, 2.24) is 5.32 Å². The molecule has 3 unspecified atom stereocenters. The van der Waals surface area contributed by atoms with E-state index in [0.29, 0.717) is 12.2 Å². The van der Waals surface area contributed by atoms with E-state index in [1.807, 2.05) is 6.92 Å². The Balaban J connectivity index is 2.28. The lowest BCUT2D eigenvalue weighted by molar-refractivity contribution is -0.137. The van der Waals surface area contributed by atoms with Gasteiger partial charge >= 0.3 is 6.18 Å². The highest BCUT2D eigenvalue weighted by atomic mass is 19.4. The van der Waals surface area contributed by atoms with Crippen molar-refractivity contribution in [3.63, 3.8) is 0 Å². The third-order valence-electron chi connectivity index (χ3n) is 3.98. The van der Waals surface area contributed by atoms with Crippen LogP contribution in [0.25, 0.3) is 0 Å². The number of halogens is 3. The molecule has 1 saturated heterocycles. The minimum absolute atomic E-state index is 0.107. The Hall–Kier alpha value is -1.07. The van der Waals surface area contributed by atoms with E-state index >= 15 is 0 Å². The number of hydrogen-bond acceptors (Lipinski definition) is 2. The van der Waals surface area contributed by atoms with Crippen LogP contribution >= 0.6 is 0 Å². The normalized spacial score (nSPS) is 24.9. The Bertz CT molecular complexity index is 447. The summed E-state index contributed by atoms with van der Waals surface area (Å²) in [6.45, 7) is 2.72. The van der Waals surface area contributed by atoms with E-state index in [1.165, 1.54) is 12.1 Å². The number of benzene rings is 1. The van der Waals surface area contributed by atoms with Gasteiger partial charge in [0, 0.05) is 18.6 Å². The lowest BCUT2D eigenvalue weighted by atomic mass is 9.86. The van der Waals surface area contributed by atoms with Gasteiger partial charge in [-0.05, 0) is 37.6 Å². The van der Waals surface area contributed by atoms with E-state index in [4.69, 9.17) is 4.74 Å². The highest BCUT2D eigenvalue weighted by Crippen LogP contribution is 2.37. The van der Waals surface area contributed by atoms with Gasteiger partial charge in [0.25, 0.3) is 0 Å². The van der Waals surface area contributed by atoms with Crippen molar-refractivity contribution >= 4 is 0 Å². The zero-order chi connectivity index (χ0) is 14.8. The maximum atomic E-state index is 12.8. The molecule has 0 amide bonds. The van der Waals surface area contributed by atoms with Crippen LogP contribution in [0.2, 0.25) is 0 Å². The summed E-state index contributed by atoms with van der Waals surface area (Å²) >= 11 is 0.